The average Bonchev–Trinajstić information content (AvgIpc) is 3.60. The third-order valence-corrected chi connectivity index (χ3v) is 5.31. The summed E-state index contributed by atoms with van der Waals surface area (Å²) in [6.45, 7) is 2.55. The topological polar surface area (TPSA) is 140 Å². The largest absolute Gasteiger partial charge is 0.494 e. The molecule has 0 atom stereocenters. The van der Waals surface area contributed by atoms with Gasteiger partial charge in [-0.25, -0.2) is 4.98 Å². The van der Waals surface area contributed by atoms with E-state index in [1.807, 2.05) is 6.92 Å². The Morgan fingerprint density at radius 1 is 1.22 bits per heavy atom. The van der Waals surface area contributed by atoms with Gasteiger partial charge < -0.3 is 29.9 Å². The van der Waals surface area contributed by atoms with Crippen molar-refractivity contribution >= 4 is 52.5 Å². The standard InChI is InChI=1S/C23H23B3N6O5/c1-3-36-11-18-30-20(32-37-18)13-5-4-6-15(19(13)35-2)28-16-9-17(29-21(33)12-7-8-12)27-10-14(16)22(34)31-23(24,25)26/h4-6,9-10,12H,3,7-8,11H2,1-2H3,(H,31,34)(H2,27,28,29,33). The molecule has 1 aromatic carbocycles. The van der Waals surface area contributed by atoms with Gasteiger partial charge in [0.1, 0.15) is 12.4 Å². The van der Waals surface area contributed by atoms with E-state index in [9.17, 15) is 9.59 Å². The Kier molecular flexibility index (Phi) is 7.87. The van der Waals surface area contributed by atoms with Gasteiger partial charge in [0.15, 0.2) is 5.75 Å². The van der Waals surface area contributed by atoms with Crippen LogP contribution in [0.4, 0.5) is 17.2 Å². The number of hydrogen-bond acceptors (Lipinski definition) is 9. The van der Waals surface area contributed by atoms with E-state index in [4.69, 9.17) is 37.5 Å². The molecule has 1 aliphatic rings. The number of carbonyl (C=O) groups excluding carboxylic acids is 2. The van der Waals surface area contributed by atoms with E-state index in [1.165, 1.54) is 19.4 Å². The maximum absolute atomic E-state index is 12.9. The number of aromatic nitrogens is 3. The predicted molar refractivity (Wildman–Crippen MR) is 138 cm³/mol. The van der Waals surface area contributed by atoms with Crippen LogP contribution in [0.25, 0.3) is 11.4 Å². The molecule has 37 heavy (non-hydrogen) atoms. The monoisotopic (exact) mass is 496 g/mol. The molecule has 14 heteroatoms. The van der Waals surface area contributed by atoms with E-state index in [0.717, 1.165) is 12.8 Å². The molecule has 0 bridgehead atoms. The first-order valence-electron chi connectivity index (χ1n) is 11.5. The molecule has 1 aliphatic carbocycles. The molecule has 2 aromatic heterocycles. The zero-order chi connectivity index (χ0) is 26.6. The van der Waals surface area contributed by atoms with E-state index in [1.54, 1.807) is 18.2 Å². The highest BCUT2D eigenvalue weighted by Gasteiger charge is 2.30. The van der Waals surface area contributed by atoms with Crippen LogP contribution in [0, 0.1) is 5.92 Å². The minimum atomic E-state index is -1.96. The number of para-hydroxylation sites is 1. The normalized spacial score (nSPS) is 13.1. The second kappa shape index (κ2) is 11.1. The zero-order valence-electron chi connectivity index (χ0n) is 20.4. The lowest BCUT2D eigenvalue weighted by Gasteiger charge is -2.23. The molecule has 3 N–H and O–H groups in total. The summed E-state index contributed by atoms with van der Waals surface area (Å²) >= 11 is 0. The number of nitrogens with zero attached hydrogens (tertiary/aromatic N) is 3. The number of pyridine rings is 1. The summed E-state index contributed by atoms with van der Waals surface area (Å²) in [5.41, 5.74) is 1.35. The van der Waals surface area contributed by atoms with Crippen molar-refractivity contribution in [3.63, 3.8) is 0 Å². The van der Waals surface area contributed by atoms with Gasteiger partial charge >= 0.3 is 0 Å². The molecule has 0 unspecified atom stereocenters. The molecule has 0 spiro atoms. The van der Waals surface area contributed by atoms with Gasteiger partial charge in [0, 0.05) is 24.8 Å². The molecule has 2 amide bonds. The Hall–Kier alpha value is -3.80. The van der Waals surface area contributed by atoms with Crippen molar-refractivity contribution < 1.29 is 23.6 Å². The van der Waals surface area contributed by atoms with Gasteiger partial charge in [-0.1, -0.05) is 16.5 Å². The van der Waals surface area contributed by atoms with E-state index >= 15 is 0 Å². The number of carbonyl (C=O) groups is 2. The highest BCUT2D eigenvalue weighted by molar-refractivity contribution is 6.60. The van der Waals surface area contributed by atoms with Crippen molar-refractivity contribution in [3.8, 4) is 17.1 Å². The highest BCUT2D eigenvalue weighted by atomic mass is 16.5. The van der Waals surface area contributed by atoms with Crippen LogP contribution in [0.3, 0.4) is 0 Å². The van der Waals surface area contributed by atoms with E-state index < -0.39 is 11.1 Å². The number of anilines is 3. The summed E-state index contributed by atoms with van der Waals surface area (Å²) in [4.78, 5) is 33.7. The molecule has 4 rings (SSSR count). The molecule has 3 aromatic rings. The second-order valence-electron chi connectivity index (χ2n) is 8.43. The maximum Gasteiger partial charge on any atom is 0.253 e. The third kappa shape index (κ3) is 6.70. The van der Waals surface area contributed by atoms with Gasteiger partial charge in [-0.15, -0.1) is 0 Å². The molecule has 184 valence electrons. The van der Waals surface area contributed by atoms with E-state index in [2.05, 4.69) is 31.1 Å². The first kappa shape index (κ1) is 26.3. The summed E-state index contributed by atoms with van der Waals surface area (Å²) in [5.74, 6) is 0.382. The minimum Gasteiger partial charge on any atom is -0.494 e. The van der Waals surface area contributed by atoms with Crippen LogP contribution < -0.4 is 20.7 Å². The molecular weight excluding hydrogens is 473 g/mol. The van der Waals surface area contributed by atoms with Gasteiger partial charge in [0.25, 0.3) is 11.8 Å². The van der Waals surface area contributed by atoms with Crippen molar-refractivity contribution in [2.45, 2.75) is 31.6 Å². The second-order valence-corrected chi connectivity index (χ2v) is 8.43. The molecule has 0 aliphatic heterocycles. The molecule has 1 saturated carbocycles. The van der Waals surface area contributed by atoms with Crippen molar-refractivity contribution in [2.24, 2.45) is 5.92 Å². The lowest BCUT2D eigenvalue weighted by Crippen LogP contribution is -2.50. The summed E-state index contributed by atoms with van der Waals surface area (Å²) in [6, 6.07) is 6.75. The number of nitrogens with one attached hydrogen (secondary N) is 3. The van der Waals surface area contributed by atoms with Crippen LogP contribution in [0.15, 0.2) is 35.0 Å². The number of benzene rings is 1. The third-order valence-electron chi connectivity index (χ3n) is 5.31. The van der Waals surface area contributed by atoms with Crippen LogP contribution in [-0.4, -0.2) is 69.4 Å². The lowest BCUT2D eigenvalue weighted by atomic mass is 9.49. The maximum atomic E-state index is 12.9. The quantitative estimate of drug-likeness (QED) is 0.338. The Balaban J connectivity index is 1.69. The Morgan fingerprint density at radius 2 is 2.00 bits per heavy atom. The van der Waals surface area contributed by atoms with Crippen LogP contribution in [-0.2, 0) is 16.1 Å². The molecular formula is C23H23B3N6O5. The van der Waals surface area contributed by atoms with Crippen molar-refractivity contribution in [1.82, 2.24) is 20.4 Å². The fraction of sp³-hybridized carbons (Fsp3) is 0.348. The molecule has 1 fully saturated rings. The van der Waals surface area contributed by atoms with E-state index in [-0.39, 0.29) is 35.5 Å². The van der Waals surface area contributed by atoms with Crippen LogP contribution in [0.5, 0.6) is 5.75 Å². The average molecular weight is 496 g/mol. The number of amides is 2. The van der Waals surface area contributed by atoms with Gasteiger partial charge in [-0.05, 0) is 31.9 Å². The lowest BCUT2D eigenvalue weighted by molar-refractivity contribution is -0.117. The molecule has 11 nitrogen and oxygen atoms in total. The van der Waals surface area contributed by atoms with Crippen LogP contribution in [0.2, 0.25) is 0 Å². The SMILES string of the molecule is [B]C([B])([B])NC(=O)c1cnc(NC(=O)C2CC2)cc1Nc1cccc(-c2noc(COCC)n2)c1OC. The minimum absolute atomic E-state index is 0.0344. The Bertz CT molecular complexity index is 1290. The smallest absolute Gasteiger partial charge is 0.253 e. The molecule has 2 heterocycles. The van der Waals surface area contributed by atoms with E-state index in [0.29, 0.717) is 35.3 Å². The predicted octanol–water partition coefficient (Wildman–Crippen LogP) is 1.62. The van der Waals surface area contributed by atoms with Gasteiger partial charge in [0.05, 0.1) is 53.2 Å². The first-order chi connectivity index (χ1) is 17.7. The van der Waals surface area contributed by atoms with Crippen molar-refractivity contribution in [1.29, 1.82) is 0 Å². The zero-order valence-corrected chi connectivity index (χ0v) is 20.4. The first-order valence-corrected chi connectivity index (χ1v) is 11.5. The molecule has 6 radical (unpaired) electrons. The van der Waals surface area contributed by atoms with Crippen molar-refractivity contribution in [2.75, 3.05) is 24.4 Å². The number of methoxy groups -OCH3 is 1. The summed E-state index contributed by atoms with van der Waals surface area (Å²) < 4.78 is 16.2. The van der Waals surface area contributed by atoms with Crippen molar-refractivity contribution in [3.05, 3.63) is 41.9 Å². The van der Waals surface area contributed by atoms with Gasteiger partial charge in [-0.3, -0.25) is 9.59 Å². The Morgan fingerprint density at radius 3 is 2.68 bits per heavy atom. The fourth-order valence-electron chi connectivity index (χ4n) is 3.43. The number of hydrogen-bond donors (Lipinski definition) is 3. The number of ether oxygens (including phenoxy) is 2. The summed E-state index contributed by atoms with van der Waals surface area (Å²) in [6.07, 6.45) is 2.94. The summed E-state index contributed by atoms with van der Waals surface area (Å²) in [7, 11) is 18.1. The van der Waals surface area contributed by atoms with Crippen LogP contribution >= 0.6 is 0 Å². The van der Waals surface area contributed by atoms with Gasteiger partial charge in [-0.2, -0.15) is 4.98 Å². The fourth-order valence-corrected chi connectivity index (χ4v) is 3.43. The highest BCUT2D eigenvalue weighted by Crippen LogP contribution is 2.38. The van der Waals surface area contributed by atoms with Crippen LogP contribution in [0.1, 0.15) is 36.0 Å². The Labute approximate surface area is 217 Å². The number of rotatable bonds is 11. The molecule has 0 saturated heterocycles. The van der Waals surface area contributed by atoms with Gasteiger partial charge in [0.2, 0.25) is 11.7 Å². The summed E-state index contributed by atoms with van der Waals surface area (Å²) in [5, 5.41) is 10.3.